The summed E-state index contributed by atoms with van der Waals surface area (Å²) in [6.07, 6.45) is 2.79. The molecule has 3 radical (unpaired) electrons. The molecule has 0 aliphatic rings. The van der Waals surface area contributed by atoms with Crippen molar-refractivity contribution in [3.8, 4) is 6.07 Å². The number of aromatic nitrogens is 16. The van der Waals surface area contributed by atoms with Gasteiger partial charge >= 0.3 is 0 Å². The van der Waals surface area contributed by atoms with Crippen LogP contribution in [-0.2, 0) is 111 Å². The van der Waals surface area contributed by atoms with Crippen LogP contribution in [0.1, 0.15) is 64.5 Å². The molecule has 0 saturated heterocycles. The van der Waals surface area contributed by atoms with Crippen LogP contribution in [0.2, 0.25) is 0 Å². The van der Waals surface area contributed by atoms with Gasteiger partial charge in [-0.05, 0) is 19.1 Å². The maximum Gasteiger partial charge on any atom is 0.298 e. The molecule has 0 saturated carbocycles. The van der Waals surface area contributed by atoms with Gasteiger partial charge in [0.2, 0.25) is 0 Å². The third-order valence-electron chi connectivity index (χ3n) is 2.79. The SMILES string of the molecule is C.C(c1nn[n-]n1)c1nn[n-]n1.CC(C)n1nnc(Cc2nn[n-]n2)n1.C[CH-]C.[C-]#[N+]CC#N.[N-]=[N+]=[N-].[N-]=[N+]=[N-].[Y].[Y].[Y]. The van der Waals surface area contributed by atoms with Crippen molar-refractivity contribution < 1.29 is 98.1 Å². The van der Waals surface area contributed by atoms with Crippen molar-refractivity contribution in [1.29, 1.82) is 5.26 Å². The summed E-state index contributed by atoms with van der Waals surface area (Å²) in [7, 11) is 0. The first kappa shape index (κ1) is 52.8. The van der Waals surface area contributed by atoms with Gasteiger partial charge in [-0.3, -0.25) is 56.4 Å². The van der Waals surface area contributed by atoms with Gasteiger partial charge < -0.3 is 48.7 Å². The molecule has 0 spiro atoms. The molecule has 0 fully saturated rings. The molecular weight excluding hydrogens is 795 g/mol. The van der Waals surface area contributed by atoms with E-state index in [2.05, 4.69) is 82.1 Å². The first-order chi connectivity index (χ1) is 18.9. The summed E-state index contributed by atoms with van der Waals surface area (Å²) in [6.45, 7) is 14.0. The maximum absolute atomic E-state index is 7.60. The number of hydrogen-bond donors (Lipinski definition) is 0. The van der Waals surface area contributed by atoms with E-state index in [1.54, 1.807) is 10.9 Å². The van der Waals surface area contributed by atoms with Gasteiger partial charge in [-0.25, -0.2) is 6.57 Å². The van der Waals surface area contributed by atoms with E-state index in [9.17, 15) is 0 Å². The molecular formula is C16H24N24Y3-6. The van der Waals surface area contributed by atoms with E-state index in [4.69, 9.17) is 34.0 Å². The van der Waals surface area contributed by atoms with Crippen LogP contribution in [0.3, 0.4) is 0 Å². The fourth-order valence-electron chi connectivity index (χ4n) is 1.57. The number of rotatable bonds is 5. The van der Waals surface area contributed by atoms with Crippen molar-refractivity contribution in [1.82, 2.24) is 82.1 Å². The largest absolute Gasteiger partial charge is 0.373 e. The van der Waals surface area contributed by atoms with Crippen molar-refractivity contribution in [2.24, 2.45) is 0 Å². The van der Waals surface area contributed by atoms with E-state index in [0.29, 0.717) is 36.1 Å². The minimum Gasteiger partial charge on any atom is -0.373 e. The Morgan fingerprint density at radius 1 is 0.814 bits per heavy atom. The summed E-state index contributed by atoms with van der Waals surface area (Å²) in [4.78, 5) is 7.28. The van der Waals surface area contributed by atoms with Crippen LogP contribution < -0.4 is 15.6 Å². The molecule has 0 bridgehead atoms. The smallest absolute Gasteiger partial charge is 0.298 e. The van der Waals surface area contributed by atoms with Crippen molar-refractivity contribution >= 4 is 0 Å². The molecule has 0 aliphatic carbocycles. The van der Waals surface area contributed by atoms with E-state index >= 15 is 0 Å². The van der Waals surface area contributed by atoms with E-state index < -0.39 is 0 Å². The second-order valence-electron chi connectivity index (χ2n) is 6.09. The van der Waals surface area contributed by atoms with Crippen LogP contribution >= 0.6 is 0 Å². The summed E-state index contributed by atoms with van der Waals surface area (Å²) in [5.41, 5.74) is 27.0. The number of nitrogens with zero attached hydrogens (tertiary/aromatic N) is 24. The van der Waals surface area contributed by atoms with Crippen LogP contribution in [0, 0.1) is 24.3 Å². The van der Waals surface area contributed by atoms with Crippen molar-refractivity contribution in [2.45, 2.75) is 54.0 Å². The molecule has 0 aromatic carbocycles. The van der Waals surface area contributed by atoms with Crippen molar-refractivity contribution in [3.05, 3.63) is 73.1 Å². The Balaban J connectivity index is -0.000000106. The topological polar surface area (TPSA) is 347 Å². The number of tetrazole rings is 4. The zero-order valence-electron chi connectivity index (χ0n) is 22.7. The molecule has 0 amide bonds. The molecule has 4 aromatic heterocycles. The minimum atomic E-state index is -0.0139. The molecule has 223 valence electrons. The predicted molar refractivity (Wildman–Crippen MR) is 133 cm³/mol. The predicted octanol–water partition coefficient (Wildman–Crippen LogP) is 0.569. The zero-order chi connectivity index (χ0) is 29.7. The summed E-state index contributed by atoms with van der Waals surface area (Å²) in [6, 6.07) is 1.87. The molecule has 0 unspecified atom stereocenters. The Morgan fingerprint density at radius 2 is 1.16 bits per heavy atom. The first-order valence-corrected chi connectivity index (χ1v) is 10.1. The van der Waals surface area contributed by atoms with Gasteiger partial charge in [0, 0.05) is 116 Å². The first-order valence-electron chi connectivity index (χ1n) is 10.1. The summed E-state index contributed by atoms with van der Waals surface area (Å²) >= 11 is 0. The van der Waals surface area contributed by atoms with Crippen LogP contribution in [0.4, 0.5) is 0 Å². The summed E-state index contributed by atoms with van der Waals surface area (Å²) in [5, 5.41) is 61.1. The van der Waals surface area contributed by atoms with Gasteiger partial charge in [0.05, 0.1) is 18.3 Å². The summed E-state index contributed by atoms with van der Waals surface area (Å²) < 4.78 is 0. The van der Waals surface area contributed by atoms with Gasteiger partial charge in [0.25, 0.3) is 6.54 Å². The molecule has 4 rings (SSSR count). The third kappa shape index (κ3) is 31.9. The Kier molecular flexibility index (Phi) is 48.1. The van der Waals surface area contributed by atoms with Crippen molar-refractivity contribution in [3.63, 3.8) is 0 Å². The molecule has 4 aromatic rings. The second kappa shape index (κ2) is 39.2. The van der Waals surface area contributed by atoms with E-state index in [-0.39, 0.29) is 118 Å². The molecule has 4 heterocycles. The third-order valence-corrected chi connectivity index (χ3v) is 2.79. The standard InChI is InChI=1S/C6H9N8.C3H2N8.C3H2N2.C3H7.CH4.2N3.3Y/c1-4(2)14-10-6(9-13-14)3-5-7-11-12-8-5;1(2-4-8-9-5-2)3-6-10-11-7-3;1-5-3-2-4;1-3-2;;2*1-3-2;;;/h4H,3H2,1-2H3;1H2;3H2;3H,1-2H3;1H4;;;;;/q-1;-2;;-1;;2*-1;;;. The van der Waals surface area contributed by atoms with Gasteiger partial charge in [0.15, 0.2) is 5.82 Å². The van der Waals surface area contributed by atoms with Gasteiger partial charge in [-0.1, -0.05) is 7.43 Å². The van der Waals surface area contributed by atoms with Crippen LogP contribution in [0.15, 0.2) is 0 Å². The molecule has 27 heteroatoms. The Labute approximate surface area is 321 Å². The average molecular weight is 819 g/mol. The monoisotopic (exact) mass is 819 g/mol. The van der Waals surface area contributed by atoms with E-state index in [1.807, 2.05) is 34.1 Å². The van der Waals surface area contributed by atoms with E-state index in [0.717, 1.165) is 0 Å². The molecule has 0 N–H and O–H groups in total. The molecule has 0 atom stereocenters. The Morgan fingerprint density at radius 3 is 1.37 bits per heavy atom. The molecule has 43 heavy (non-hydrogen) atoms. The maximum atomic E-state index is 7.60. The van der Waals surface area contributed by atoms with E-state index in [1.165, 1.54) is 9.82 Å². The normalized spacial score (nSPS) is 7.51. The fraction of sp³-hybridized carbons (Fsp3) is 0.562. The van der Waals surface area contributed by atoms with Gasteiger partial charge in [0.1, 0.15) is 6.07 Å². The Hall–Kier alpha value is -2.81. The summed E-state index contributed by atoms with van der Waals surface area (Å²) in [5.74, 6) is 2.03. The van der Waals surface area contributed by atoms with Gasteiger partial charge in [-0.2, -0.15) is 23.9 Å². The Bertz CT molecular complexity index is 1170. The average Bonchev–Trinajstić information content (AvgIpc) is 3.72. The quantitative estimate of drug-likeness (QED) is 0.0873. The zero-order valence-corrected chi connectivity index (χ0v) is 31.3. The fourth-order valence-corrected chi connectivity index (χ4v) is 1.57. The number of hydrogen-bond acceptors (Lipinski definition) is 13. The van der Waals surface area contributed by atoms with Crippen LogP contribution in [-0.4, -0.2) is 73.0 Å². The van der Waals surface area contributed by atoms with Crippen molar-refractivity contribution in [2.75, 3.05) is 6.54 Å². The molecule has 0 aliphatic heterocycles. The molecule has 24 nitrogen and oxygen atoms in total. The number of nitriles is 1. The second-order valence-corrected chi connectivity index (χ2v) is 6.09. The van der Waals surface area contributed by atoms with Crippen LogP contribution in [0.5, 0.6) is 0 Å². The van der Waals surface area contributed by atoms with Crippen LogP contribution in [0.25, 0.3) is 36.8 Å². The van der Waals surface area contributed by atoms with Gasteiger partial charge in [-0.15, -0.1) is 10.2 Å². The minimum absolute atomic E-state index is 0.